The molecule has 5 heteroatoms. The number of methoxy groups -OCH3 is 1. The zero-order valence-corrected chi connectivity index (χ0v) is 14.3. The molecule has 1 fully saturated rings. The van der Waals surface area contributed by atoms with E-state index in [1.54, 1.807) is 12.1 Å². The summed E-state index contributed by atoms with van der Waals surface area (Å²) in [6, 6.07) is 15.1. The van der Waals surface area contributed by atoms with Crippen LogP contribution in [-0.2, 0) is 4.74 Å². The number of rotatable bonds is 4. The SMILES string of the molecule is COC(=O)c1ccc(N2CCC(Oc3ccccc3Cl)CC2)cc1. The van der Waals surface area contributed by atoms with Gasteiger partial charge in [-0.1, -0.05) is 23.7 Å². The second-order valence-electron chi connectivity index (χ2n) is 5.77. The van der Waals surface area contributed by atoms with Crippen LogP contribution in [0.5, 0.6) is 5.75 Å². The highest BCUT2D eigenvalue weighted by Gasteiger charge is 2.21. The number of anilines is 1. The molecule has 2 aromatic carbocycles. The fourth-order valence-corrected chi connectivity index (χ4v) is 3.06. The number of piperidine rings is 1. The van der Waals surface area contributed by atoms with Crippen molar-refractivity contribution in [1.29, 1.82) is 0 Å². The average molecular weight is 346 g/mol. The molecular formula is C19H20ClNO3. The lowest BCUT2D eigenvalue weighted by atomic mass is 10.1. The van der Waals surface area contributed by atoms with Crippen LogP contribution in [0.4, 0.5) is 5.69 Å². The number of hydrogen-bond acceptors (Lipinski definition) is 4. The predicted octanol–water partition coefficient (Wildman–Crippen LogP) is 4.17. The number of para-hydroxylation sites is 1. The first-order valence-electron chi connectivity index (χ1n) is 8.02. The fraction of sp³-hybridized carbons (Fsp3) is 0.316. The number of carbonyl (C=O) groups excluding carboxylic acids is 1. The summed E-state index contributed by atoms with van der Waals surface area (Å²) >= 11 is 6.15. The third-order valence-electron chi connectivity index (χ3n) is 4.23. The minimum Gasteiger partial charge on any atom is -0.489 e. The molecule has 0 aromatic heterocycles. The third-order valence-corrected chi connectivity index (χ3v) is 4.54. The lowest BCUT2D eigenvalue weighted by Crippen LogP contribution is -2.38. The van der Waals surface area contributed by atoms with Gasteiger partial charge in [-0.25, -0.2) is 4.79 Å². The molecule has 1 heterocycles. The Morgan fingerprint density at radius 1 is 1.08 bits per heavy atom. The summed E-state index contributed by atoms with van der Waals surface area (Å²) in [7, 11) is 1.39. The maximum atomic E-state index is 11.5. The molecule has 24 heavy (non-hydrogen) atoms. The van der Waals surface area contributed by atoms with E-state index in [-0.39, 0.29) is 12.1 Å². The first-order chi connectivity index (χ1) is 11.7. The van der Waals surface area contributed by atoms with Gasteiger partial charge in [0.1, 0.15) is 11.9 Å². The molecular weight excluding hydrogens is 326 g/mol. The van der Waals surface area contributed by atoms with Gasteiger partial charge in [0.05, 0.1) is 17.7 Å². The van der Waals surface area contributed by atoms with Gasteiger partial charge in [-0.2, -0.15) is 0 Å². The minimum absolute atomic E-state index is 0.176. The van der Waals surface area contributed by atoms with Gasteiger partial charge < -0.3 is 14.4 Å². The summed E-state index contributed by atoms with van der Waals surface area (Å²) in [4.78, 5) is 13.8. The van der Waals surface area contributed by atoms with E-state index in [4.69, 9.17) is 21.1 Å². The third kappa shape index (κ3) is 3.82. The van der Waals surface area contributed by atoms with Crippen LogP contribution >= 0.6 is 11.6 Å². The highest BCUT2D eigenvalue weighted by atomic mass is 35.5. The van der Waals surface area contributed by atoms with Crippen molar-refractivity contribution in [2.75, 3.05) is 25.1 Å². The highest BCUT2D eigenvalue weighted by Crippen LogP contribution is 2.28. The van der Waals surface area contributed by atoms with E-state index in [1.165, 1.54) is 7.11 Å². The van der Waals surface area contributed by atoms with Crippen molar-refractivity contribution in [3.05, 3.63) is 59.1 Å². The molecule has 0 bridgehead atoms. The molecule has 0 N–H and O–H groups in total. The highest BCUT2D eigenvalue weighted by molar-refractivity contribution is 6.32. The van der Waals surface area contributed by atoms with Crippen molar-refractivity contribution in [2.45, 2.75) is 18.9 Å². The van der Waals surface area contributed by atoms with Crippen LogP contribution in [0.15, 0.2) is 48.5 Å². The van der Waals surface area contributed by atoms with Gasteiger partial charge in [0, 0.05) is 31.6 Å². The van der Waals surface area contributed by atoms with Crippen molar-refractivity contribution in [3.63, 3.8) is 0 Å². The van der Waals surface area contributed by atoms with E-state index in [0.29, 0.717) is 10.6 Å². The Balaban J connectivity index is 1.57. The summed E-state index contributed by atoms with van der Waals surface area (Å²) in [5.41, 5.74) is 1.68. The van der Waals surface area contributed by atoms with Crippen LogP contribution in [0.2, 0.25) is 5.02 Å². The van der Waals surface area contributed by atoms with E-state index in [0.717, 1.165) is 37.4 Å². The minimum atomic E-state index is -0.312. The molecule has 0 unspecified atom stereocenters. The van der Waals surface area contributed by atoms with Crippen molar-refractivity contribution in [3.8, 4) is 5.75 Å². The maximum absolute atomic E-state index is 11.5. The van der Waals surface area contributed by atoms with Crippen LogP contribution in [0.1, 0.15) is 23.2 Å². The van der Waals surface area contributed by atoms with Crippen molar-refractivity contribution >= 4 is 23.3 Å². The number of halogens is 1. The molecule has 0 radical (unpaired) electrons. The van der Waals surface area contributed by atoms with Gasteiger partial charge in [0.25, 0.3) is 0 Å². The molecule has 126 valence electrons. The first-order valence-corrected chi connectivity index (χ1v) is 8.39. The molecule has 1 saturated heterocycles. The van der Waals surface area contributed by atoms with Gasteiger partial charge in [-0.15, -0.1) is 0 Å². The normalized spacial score (nSPS) is 15.2. The Bertz CT molecular complexity index is 694. The van der Waals surface area contributed by atoms with Crippen LogP contribution in [0, 0.1) is 0 Å². The molecule has 1 aliphatic heterocycles. The number of ether oxygens (including phenoxy) is 2. The average Bonchev–Trinajstić information content (AvgIpc) is 2.64. The van der Waals surface area contributed by atoms with Gasteiger partial charge in [0.2, 0.25) is 0 Å². The summed E-state index contributed by atoms with van der Waals surface area (Å²) in [6.07, 6.45) is 2.05. The first kappa shape index (κ1) is 16.7. The summed E-state index contributed by atoms with van der Waals surface area (Å²) < 4.78 is 10.7. The smallest absolute Gasteiger partial charge is 0.337 e. The second kappa shape index (κ2) is 7.58. The largest absolute Gasteiger partial charge is 0.489 e. The fourth-order valence-electron chi connectivity index (χ4n) is 2.88. The topological polar surface area (TPSA) is 38.8 Å². The van der Waals surface area contributed by atoms with E-state index < -0.39 is 0 Å². The van der Waals surface area contributed by atoms with Gasteiger partial charge in [-0.05, 0) is 36.4 Å². The molecule has 3 rings (SSSR count). The predicted molar refractivity (Wildman–Crippen MR) is 95.1 cm³/mol. The molecule has 4 nitrogen and oxygen atoms in total. The maximum Gasteiger partial charge on any atom is 0.337 e. The van der Waals surface area contributed by atoms with E-state index in [1.807, 2.05) is 36.4 Å². The van der Waals surface area contributed by atoms with E-state index in [2.05, 4.69) is 4.90 Å². The van der Waals surface area contributed by atoms with Crippen LogP contribution in [0.25, 0.3) is 0 Å². The molecule has 2 aromatic rings. The van der Waals surface area contributed by atoms with Gasteiger partial charge in [-0.3, -0.25) is 0 Å². The number of nitrogens with zero attached hydrogens (tertiary/aromatic N) is 1. The number of benzene rings is 2. The molecule has 0 aliphatic carbocycles. The Labute approximate surface area is 146 Å². The standard InChI is InChI=1S/C19H20ClNO3/c1-23-19(22)14-6-8-15(9-7-14)21-12-10-16(11-13-21)24-18-5-3-2-4-17(18)20/h2-9,16H,10-13H2,1H3. The molecule has 0 amide bonds. The number of esters is 1. The monoisotopic (exact) mass is 345 g/mol. The summed E-state index contributed by atoms with van der Waals surface area (Å²) in [5.74, 6) is 0.438. The quantitative estimate of drug-likeness (QED) is 0.779. The Morgan fingerprint density at radius 3 is 2.38 bits per heavy atom. The summed E-state index contributed by atoms with van der Waals surface area (Å²) in [5, 5.41) is 0.651. The lowest BCUT2D eigenvalue weighted by Gasteiger charge is -2.34. The molecule has 0 atom stereocenters. The molecule has 1 aliphatic rings. The van der Waals surface area contributed by atoms with Gasteiger partial charge in [0.15, 0.2) is 0 Å². The second-order valence-corrected chi connectivity index (χ2v) is 6.18. The molecule has 0 spiro atoms. The van der Waals surface area contributed by atoms with Crippen LogP contribution in [-0.4, -0.2) is 32.3 Å². The summed E-state index contributed by atoms with van der Waals surface area (Å²) in [6.45, 7) is 1.82. The Morgan fingerprint density at radius 2 is 1.75 bits per heavy atom. The van der Waals surface area contributed by atoms with Gasteiger partial charge >= 0.3 is 5.97 Å². The number of hydrogen-bond donors (Lipinski definition) is 0. The Hall–Kier alpha value is -2.20. The number of carbonyl (C=O) groups is 1. The van der Waals surface area contributed by atoms with Crippen LogP contribution < -0.4 is 9.64 Å². The van der Waals surface area contributed by atoms with Crippen molar-refractivity contribution in [2.24, 2.45) is 0 Å². The van der Waals surface area contributed by atoms with Crippen molar-refractivity contribution in [1.82, 2.24) is 0 Å². The zero-order chi connectivity index (χ0) is 16.9. The van der Waals surface area contributed by atoms with E-state index in [9.17, 15) is 4.79 Å². The van der Waals surface area contributed by atoms with Crippen molar-refractivity contribution < 1.29 is 14.3 Å². The lowest BCUT2D eigenvalue weighted by molar-refractivity contribution is 0.0601. The van der Waals surface area contributed by atoms with E-state index >= 15 is 0 Å². The Kier molecular flexibility index (Phi) is 5.26. The molecule has 0 saturated carbocycles. The zero-order valence-electron chi connectivity index (χ0n) is 13.6. The van der Waals surface area contributed by atoms with Crippen LogP contribution in [0.3, 0.4) is 0 Å².